The largest absolute Gasteiger partial charge is 0.481 e. The number of esters is 1. The molecule has 3 amide bonds. The third-order valence-corrected chi connectivity index (χ3v) is 8.17. The molecule has 2 N–H and O–H groups in total. The van der Waals surface area contributed by atoms with E-state index in [2.05, 4.69) is 10.3 Å². The van der Waals surface area contributed by atoms with Gasteiger partial charge in [-0.2, -0.15) is 0 Å². The monoisotopic (exact) mass is 632 g/mol. The van der Waals surface area contributed by atoms with Crippen LogP contribution in [0.5, 0.6) is 5.75 Å². The number of hydrogen-bond acceptors (Lipinski definition) is 9. The second-order valence-electron chi connectivity index (χ2n) is 10.8. The zero-order chi connectivity index (χ0) is 32.0. The Morgan fingerprint density at radius 1 is 1.02 bits per heavy atom. The second kappa shape index (κ2) is 14.1. The number of carboxylic acid groups (broad SMARTS) is 1. The van der Waals surface area contributed by atoms with Gasteiger partial charge < -0.3 is 34.4 Å². The van der Waals surface area contributed by atoms with Crippen molar-refractivity contribution in [1.82, 2.24) is 20.1 Å². The van der Waals surface area contributed by atoms with Crippen LogP contribution < -0.4 is 10.1 Å². The highest BCUT2D eigenvalue weighted by molar-refractivity contribution is 6.32. The van der Waals surface area contributed by atoms with E-state index in [1.165, 1.54) is 15.9 Å². The Bertz CT molecular complexity index is 1440. The van der Waals surface area contributed by atoms with E-state index in [0.717, 1.165) is 6.42 Å². The first-order valence-corrected chi connectivity index (χ1v) is 15.1. The Labute approximate surface area is 259 Å². The van der Waals surface area contributed by atoms with Gasteiger partial charge in [-0.25, -0.2) is 14.6 Å². The Morgan fingerprint density at radius 3 is 2.27 bits per heavy atom. The normalized spacial score (nSPS) is 16.5. The number of nitrogens with zero attached hydrogens (tertiary/aromatic N) is 3. The smallest absolute Gasteiger partial charge is 0.409 e. The third-order valence-electron chi connectivity index (χ3n) is 7.77. The van der Waals surface area contributed by atoms with Crippen molar-refractivity contribution in [2.24, 2.45) is 0 Å². The van der Waals surface area contributed by atoms with Gasteiger partial charge in [0, 0.05) is 49.1 Å². The molecule has 0 spiro atoms. The number of aryl methyl sites for hydroxylation is 1. The molecule has 2 heterocycles. The van der Waals surface area contributed by atoms with Gasteiger partial charge in [-0.15, -0.1) is 0 Å². The first kappa shape index (κ1) is 32.8. The molecule has 2 aromatic rings. The number of carbonyl (C=O) groups excluding carboxylic acids is 4. The van der Waals surface area contributed by atoms with Crippen molar-refractivity contribution >= 4 is 52.4 Å². The number of aromatic nitrogens is 1. The van der Waals surface area contributed by atoms with Crippen LogP contribution in [0, 0.1) is 6.92 Å². The van der Waals surface area contributed by atoms with Gasteiger partial charge in [0.2, 0.25) is 11.5 Å². The average Bonchev–Trinajstić information content (AvgIpc) is 2.97. The summed E-state index contributed by atoms with van der Waals surface area (Å²) in [5.74, 6) is -2.61. The molecule has 1 aromatic carbocycles. The van der Waals surface area contributed by atoms with Gasteiger partial charge in [-0.3, -0.25) is 14.4 Å². The van der Waals surface area contributed by atoms with E-state index in [-0.39, 0.29) is 63.7 Å². The number of carbonyl (C=O) groups is 5. The van der Waals surface area contributed by atoms with Crippen molar-refractivity contribution in [1.29, 1.82) is 0 Å². The van der Waals surface area contributed by atoms with Crippen LogP contribution in [0.1, 0.15) is 62.0 Å². The molecular weight excluding hydrogens is 596 g/mol. The van der Waals surface area contributed by atoms with E-state index in [1.54, 1.807) is 32.9 Å². The number of fused-ring (bicyclic) bond motifs is 1. The first-order valence-electron chi connectivity index (χ1n) is 14.7. The number of aliphatic carboxylic acids is 1. The van der Waals surface area contributed by atoms with Gasteiger partial charge in [0.1, 0.15) is 17.5 Å². The minimum Gasteiger partial charge on any atom is -0.481 e. The number of carboxylic acids is 1. The number of pyridine rings is 1. The topological polar surface area (TPSA) is 165 Å². The summed E-state index contributed by atoms with van der Waals surface area (Å²) in [5.41, 5.74) is -0.208. The van der Waals surface area contributed by atoms with Crippen LogP contribution in [0.25, 0.3) is 10.9 Å². The highest BCUT2D eigenvalue weighted by Crippen LogP contribution is 2.41. The van der Waals surface area contributed by atoms with Crippen LogP contribution in [0.15, 0.2) is 18.2 Å². The number of ether oxygens (including phenoxy) is 3. The molecule has 14 heteroatoms. The lowest BCUT2D eigenvalue weighted by atomic mass is 9.80. The number of nitrogens with one attached hydrogen (secondary N) is 1. The summed E-state index contributed by atoms with van der Waals surface area (Å²) in [5, 5.41) is 12.9. The molecule has 1 saturated carbocycles. The molecule has 1 aliphatic carbocycles. The Kier molecular flexibility index (Phi) is 10.5. The molecule has 1 saturated heterocycles. The predicted molar refractivity (Wildman–Crippen MR) is 159 cm³/mol. The average molecular weight is 633 g/mol. The zero-order valence-corrected chi connectivity index (χ0v) is 25.8. The fourth-order valence-electron chi connectivity index (χ4n) is 5.14. The van der Waals surface area contributed by atoms with Crippen molar-refractivity contribution in [3.63, 3.8) is 0 Å². The van der Waals surface area contributed by atoms with Crippen LogP contribution in [0.2, 0.25) is 5.02 Å². The fraction of sp³-hybridized carbons (Fsp3) is 0.533. The maximum atomic E-state index is 13.6. The van der Waals surface area contributed by atoms with Crippen molar-refractivity contribution in [3.8, 4) is 5.75 Å². The van der Waals surface area contributed by atoms with Gasteiger partial charge in [0.15, 0.2) is 0 Å². The summed E-state index contributed by atoms with van der Waals surface area (Å²) in [6.07, 6.45) is 0.641. The van der Waals surface area contributed by atoms with Gasteiger partial charge >= 0.3 is 18.0 Å². The zero-order valence-electron chi connectivity index (χ0n) is 25.0. The van der Waals surface area contributed by atoms with Crippen LogP contribution in [0.3, 0.4) is 0 Å². The van der Waals surface area contributed by atoms with Gasteiger partial charge in [0.05, 0.1) is 18.7 Å². The standard InChI is InChI=1S/C30H37ClN4O9/c1-4-42-28(40)30(9-6-10-30)44-24-17-23(32-22-15-18(3)20(31)16-19(22)24)26(38)33-21(7-8-25(36)37)27(39)34-11-13-35(14-12-34)29(41)43-5-2/h15-17,21H,4-14H2,1-3H3,(H,33,38)(H,36,37). The highest BCUT2D eigenvalue weighted by Gasteiger charge is 2.48. The van der Waals surface area contributed by atoms with Crippen LogP contribution in [0.4, 0.5) is 4.79 Å². The van der Waals surface area contributed by atoms with Crippen molar-refractivity contribution in [3.05, 3.63) is 34.5 Å². The molecule has 2 aliphatic rings. The van der Waals surface area contributed by atoms with E-state index in [4.69, 9.17) is 25.8 Å². The molecule has 44 heavy (non-hydrogen) atoms. The van der Waals surface area contributed by atoms with Crippen molar-refractivity contribution in [2.45, 2.75) is 64.5 Å². The molecular formula is C30H37ClN4O9. The van der Waals surface area contributed by atoms with Crippen LogP contribution in [-0.4, -0.2) is 101 Å². The van der Waals surface area contributed by atoms with Crippen molar-refractivity contribution in [2.75, 3.05) is 39.4 Å². The molecule has 4 rings (SSSR count). The number of amides is 3. The van der Waals surface area contributed by atoms with E-state index in [1.807, 2.05) is 0 Å². The summed E-state index contributed by atoms with van der Waals surface area (Å²) in [7, 11) is 0. The summed E-state index contributed by atoms with van der Waals surface area (Å²) >= 11 is 6.40. The van der Waals surface area contributed by atoms with Crippen LogP contribution >= 0.6 is 11.6 Å². The maximum Gasteiger partial charge on any atom is 0.409 e. The van der Waals surface area contributed by atoms with E-state index >= 15 is 0 Å². The van der Waals surface area contributed by atoms with Gasteiger partial charge in [-0.05, 0) is 64.2 Å². The molecule has 238 valence electrons. The summed E-state index contributed by atoms with van der Waals surface area (Å²) < 4.78 is 16.6. The van der Waals surface area contributed by atoms with E-state index in [9.17, 15) is 29.1 Å². The number of hydrogen-bond donors (Lipinski definition) is 2. The molecule has 0 bridgehead atoms. The Morgan fingerprint density at radius 2 is 1.68 bits per heavy atom. The fourth-order valence-corrected chi connectivity index (χ4v) is 5.31. The van der Waals surface area contributed by atoms with E-state index < -0.39 is 41.5 Å². The Hall–Kier alpha value is -4.13. The summed E-state index contributed by atoms with van der Waals surface area (Å²) in [6, 6.07) is 3.57. The maximum absolute atomic E-state index is 13.6. The minimum atomic E-state index is -1.21. The SMILES string of the molecule is CCOC(=O)N1CCN(C(=O)C(CCC(=O)O)NC(=O)c2cc(OC3(C(=O)OCC)CCC3)c3cc(Cl)c(C)cc3n2)CC1. The second-order valence-corrected chi connectivity index (χ2v) is 11.2. The van der Waals surface area contributed by atoms with E-state index in [0.29, 0.717) is 34.3 Å². The Balaban J connectivity index is 1.60. The minimum absolute atomic E-state index is 0.0900. The number of halogens is 1. The van der Waals surface area contributed by atoms with Gasteiger partial charge in [-0.1, -0.05) is 11.6 Å². The summed E-state index contributed by atoms with van der Waals surface area (Å²) in [4.78, 5) is 70.8. The number of benzene rings is 1. The molecule has 1 atom stereocenters. The molecule has 2 fully saturated rings. The highest BCUT2D eigenvalue weighted by atomic mass is 35.5. The predicted octanol–water partition coefficient (Wildman–Crippen LogP) is 3.33. The number of piperazine rings is 1. The molecule has 0 radical (unpaired) electrons. The third kappa shape index (κ3) is 7.32. The lowest BCUT2D eigenvalue weighted by molar-refractivity contribution is -0.169. The lowest BCUT2D eigenvalue weighted by Gasteiger charge is -2.39. The first-order chi connectivity index (χ1) is 21.0. The van der Waals surface area contributed by atoms with Crippen molar-refractivity contribution < 1.29 is 43.3 Å². The number of rotatable bonds is 11. The quantitative estimate of drug-likeness (QED) is 0.351. The summed E-state index contributed by atoms with van der Waals surface area (Å²) in [6.45, 7) is 6.47. The molecule has 1 aliphatic heterocycles. The molecule has 1 unspecified atom stereocenters. The van der Waals surface area contributed by atoms with Crippen LogP contribution in [-0.2, 0) is 23.9 Å². The lowest BCUT2D eigenvalue weighted by Crippen LogP contribution is -2.56. The van der Waals surface area contributed by atoms with Gasteiger partial charge in [0.25, 0.3) is 5.91 Å². The molecule has 1 aromatic heterocycles. The molecule has 13 nitrogen and oxygen atoms in total.